The molecule has 0 N–H and O–H groups in total. The zero-order chi connectivity index (χ0) is 20.5. The highest BCUT2D eigenvalue weighted by molar-refractivity contribution is 7.89. The van der Waals surface area contributed by atoms with E-state index >= 15 is 0 Å². The zero-order valence-electron chi connectivity index (χ0n) is 16.7. The number of ether oxygens (including phenoxy) is 1. The Labute approximate surface area is 166 Å². The minimum Gasteiger partial charge on any atom is -0.495 e. The molecule has 0 aromatic heterocycles. The highest BCUT2D eigenvalue weighted by Gasteiger charge is 2.47. The first kappa shape index (κ1) is 20.8. The smallest absolute Gasteiger partial charge is 0.246 e. The minimum atomic E-state index is -3.73. The molecule has 2 aliphatic rings. The summed E-state index contributed by atoms with van der Waals surface area (Å²) < 4.78 is 32.6. The number of carbonyl (C=O) groups is 2. The Balaban J connectivity index is 1.92. The maximum Gasteiger partial charge on any atom is 0.246 e. The number of nitrogens with zero attached hydrogens (tertiary/aromatic N) is 2. The summed E-state index contributed by atoms with van der Waals surface area (Å²) in [6.45, 7) is 4.34. The minimum absolute atomic E-state index is 0.0627. The quantitative estimate of drug-likeness (QED) is 0.647. The van der Waals surface area contributed by atoms with Gasteiger partial charge in [0.25, 0.3) is 0 Å². The number of hydrogen-bond acceptors (Lipinski definition) is 5. The third kappa shape index (κ3) is 3.55. The van der Waals surface area contributed by atoms with Crippen LogP contribution in [0.15, 0.2) is 23.1 Å². The standard InChI is InChI=1S/C20H28N2O5S/c1-4-21(5-2)28(25,26)18-12-14(10-11-17(18)27-3)13-22-19(23)15-8-6-7-9-16(15)20(22)24/h10-12,15-16H,4-9,13H2,1-3H3/t15-,16+. The molecule has 7 nitrogen and oxygen atoms in total. The molecule has 1 aromatic rings. The van der Waals surface area contributed by atoms with Crippen molar-refractivity contribution in [3.8, 4) is 5.75 Å². The Kier molecular flexibility index (Phi) is 6.09. The van der Waals surface area contributed by atoms with Crippen LogP contribution in [0.3, 0.4) is 0 Å². The van der Waals surface area contributed by atoms with Gasteiger partial charge >= 0.3 is 0 Å². The highest BCUT2D eigenvalue weighted by Crippen LogP contribution is 2.39. The normalized spacial score (nSPS) is 22.6. The second-order valence-corrected chi connectivity index (χ2v) is 9.24. The van der Waals surface area contributed by atoms with Crippen molar-refractivity contribution in [2.24, 2.45) is 11.8 Å². The van der Waals surface area contributed by atoms with Crippen molar-refractivity contribution in [2.45, 2.75) is 51.0 Å². The van der Waals surface area contributed by atoms with E-state index in [1.807, 2.05) is 0 Å². The summed E-state index contributed by atoms with van der Waals surface area (Å²) in [5.41, 5.74) is 0.604. The van der Waals surface area contributed by atoms with Gasteiger partial charge in [0.1, 0.15) is 10.6 Å². The largest absolute Gasteiger partial charge is 0.495 e. The summed E-state index contributed by atoms with van der Waals surface area (Å²) in [7, 11) is -2.30. The number of carbonyl (C=O) groups excluding carboxylic acids is 2. The van der Waals surface area contributed by atoms with Crippen LogP contribution in [0.25, 0.3) is 0 Å². The molecule has 2 fully saturated rings. The zero-order valence-corrected chi connectivity index (χ0v) is 17.5. The van der Waals surface area contributed by atoms with Crippen LogP contribution in [-0.2, 0) is 26.2 Å². The average Bonchev–Trinajstić information content (AvgIpc) is 2.94. The fourth-order valence-corrected chi connectivity index (χ4v) is 5.96. The van der Waals surface area contributed by atoms with Crippen LogP contribution >= 0.6 is 0 Å². The molecule has 1 heterocycles. The average molecular weight is 409 g/mol. The summed E-state index contributed by atoms with van der Waals surface area (Å²) in [6.07, 6.45) is 3.47. The SMILES string of the molecule is CCN(CC)S(=O)(=O)c1cc(CN2C(=O)[C@H]3CCCC[C@H]3C2=O)ccc1OC. The second-order valence-electron chi connectivity index (χ2n) is 7.33. The van der Waals surface area contributed by atoms with E-state index in [-0.39, 0.29) is 40.8 Å². The number of imide groups is 1. The van der Waals surface area contributed by atoms with Gasteiger partial charge < -0.3 is 4.74 Å². The van der Waals surface area contributed by atoms with Crippen molar-refractivity contribution in [3.05, 3.63) is 23.8 Å². The maximum atomic E-state index is 13.0. The number of sulfonamides is 1. The third-order valence-electron chi connectivity index (χ3n) is 5.82. The fourth-order valence-electron chi connectivity index (χ4n) is 4.29. The monoisotopic (exact) mass is 408 g/mol. The van der Waals surface area contributed by atoms with E-state index < -0.39 is 10.0 Å². The molecular formula is C20H28N2O5S. The lowest BCUT2D eigenvalue weighted by Crippen LogP contribution is -2.32. The summed E-state index contributed by atoms with van der Waals surface area (Å²) >= 11 is 0. The summed E-state index contributed by atoms with van der Waals surface area (Å²) in [4.78, 5) is 26.8. The Morgan fingerprint density at radius 2 is 1.64 bits per heavy atom. The molecule has 8 heteroatoms. The van der Waals surface area contributed by atoms with E-state index in [1.54, 1.807) is 26.0 Å². The van der Waals surface area contributed by atoms with Crippen LogP contribution in [0.4, 0.5) is 0 Å². The van der Waals surface area contributed by atoms with Crippen LogP contribution < -0.4 is 4.74 Å². The van der Waals surface area contributed by atoms with Crippen molar-refractivity contribution in [3.63, 3.8) is 0 Å². The van der Waals surface area contributed by atoms with Gasteiger partial charge in [0.05, 0.1) is 25.5 Å². The molecule has 0 unspecified atom stereocenters. The lowest BCUT2D eigenvalue weighted by atomic mass is 9.81. The number of hydrogen-bond donors (Lipinski definition) is 0. The van der Waals surface area contributed by atoms with E-state index in [1.165, 1.54) is 22.4 Å². The Hall–Kier alpha value is -1.93. The van der Waals surface area contributed by atoms with Gasteiger partial charge in [-0.15, -0.1) is 0 Å². The molecule has 2 amide bonds. The molecular weight excluding hydrogens is 380 g/mol. The number of methoxy groups -OCH3 is 1. The Morgan fingerprint density at radius 1 is 1.07 bits per heavy atom. The van der Waals surface area contributed by atoms with Gasteiger partial charge in [0, 0.05) is 13.1 Å². The number of rotatable bonds is 7. The topological polar surface area (TPSA) is 84.0 Å². The molecule has 1 aromatic carbocycles. The van der Waals surface area contributed by atoms with E-state index in [4.69, 9.17) is 4.74 Å². The molecule has 2 atom stereocenters. The van der Waals surface area contributed by atoms with Gasteiger partial charge in [0.15, 0.2) is 0 Å². The van der Waals surface area contributed by atoms with Crippen LogP contribution in [-0.4, -0.2) is 49.6 Å². The van der Waals surface area contributed by atoms with Gasteiger partial charge in [0.2, 0.25) is 21.8 Å². The van der Waals surface area contributed by atoms with E-state index in [9.17, 15) is 18.0 Å². The molecule has 1 saturated heterocycles. The summed E-state index contributed by atoms with van der Waals surface area (Å²) in [6, 6.07) is 4.82. The van der Waals surface area contributed by atoms with Crippen LogP contribution in [0.5, 0.6) is 5.75 Å². The molecule has 28 heavy (non-hydrogen) atoms. The van der Waals surface area contributed by atoms with Gasteiger partial charge in [-0.3, -0.25) is 14.5 Å². The third-order valence-corrected chi connectivity index (χ3v) is 7.90. The predicted molar refractivity (Wildman–Crippen MR) is 104 cm³/mol. The van der Waals surface area contributed by atoms with Gasteiger partial charge in [-0.2, -0.15) is 4.31 Å². The molecule has 1 aliphatic heterocycles. The van der Waals surface area contributed by atoms with Gasteiger partial charge in [-0.1, -0.05) is 32.8 Å². The van der Waals surface area contributed by atoms with E-state index in [2.05, 4.69) is 0 Å². The number of benzene rings is 1. The first-order chi connectivity index (χ1) is 13.3. The molecule has 0 radical (unpaired) electrons. The first-order valence-electron chi connectivity index (χ1n) is 9.87. The number of fused-ring (bicyclic) bond motifs is 1. The Bertz CT molecular complexity index is 839. The van der Waals surface area contributed by atoms with Gasteiger partial charge in [-0.25, -0.2) is 8.42 Å². The van der Waals surface area contributed by atoms with E-state index in [0.717, 1.165) is 25.7 Å². The van der Waals surface area contributed by atoms with Crippen molar-refractivity contribution in [1.82, 2.24) is 9.21 Å². The lowest BCUT2D eigenvalue weighted by Gasteiger charge is -2.21. The van der Waals surface area contributed by atoms with Gasteiger partial charge in [-0.05, 0) is 30.5 Å². The Morgan fingerprint density at radius 3 is 2.14 bits per heavy atom. The molecule has 1 saturated carbocycles. The number of likely N-dealkylation sites (tertiary alicyclic amines) is 1. The lowest BCUT2D eigenvalue weighted by molar-refractivity contribution is -0.140. The van der Waals surface area contributed by atoms with Crippen molar-refractivity contribution in [1.29, 1.82) is 0 Å². The molecule has 3 rings (SSSR count). The molecule has 154 valence electrons. The second kappa shape index (κ2) is 8.21. The predicted octanol–water partition coefficient (Wildman–Crippen LogP) is 2.40. The molecule has 0 spiro atoms. The van der Waals surface area contributed by atoms with E-state index in [0.29, 0.717) is 18.7 Å². The van der Waals surface area contributed by atoms with Crippen LogP contribution in [0.2, 0.25) is 0 Å². The summed E-state index contributed by atoms with van der Waals surface area (Å²) in [5.74, 6) is -0.419. The maximum absolute atomic E-state index is 13.0. The fraction of sp³-hybridized carbons (Fsp3) is 0.600. The van der Waals surface area contributed by atoms with Crippen LogP contribution in [0.1, 0.15) is 45.1 Å². The number of amides is 2. The van der Waals surface area contributed by atoms with Crippen molar-refractivity contribution < 1.29 is 22.7 Å². The highest BCUT2D eigenvalue weighted by atomic mass is 32.2. The molecule has 0 bridgehead atoms. The van der Waals surface area contributed by atoms with Crippen molar-refractivity contribution >= 4 is 21.8 Å². The van der Waals surface area contributed by atoms with Crippen LogP contribution in [0, 0.1) is 11.8 Å². The summed E-state index contributed by atoms with van der Waals surface area (Å²) in [5, 5.41) is 0. The molecule has 1 aliphatic carbocycles. The first-order valence-corrected chi connectivity index (χ1v) is 11.3. The van der Waals surface area contributed by atoms with Crippen molar-refractivity contribution in [2.75, 3.05) is 20.2 Å².